The van der Waals surface area contributed by atoms with Crippen LogP contribution in [0.5, 0.6) is 0 Å². The summed E-state index contributed by atoms with van der Waals surface area (Å²) >= 11 is 3.58. The van der Waals surface area contributed by atoms with Gasteiger partial charge < -0.3 is 0 Å². The van der Waals surface area contributed by atoms with Crippen molar-refractivity contribution < 1.29 is 8.42 Å². The first kappa shape index (κ1) is 14.5. The van der Waals surface area contributed by atoms with Gasteiger partial charge in [-0.05, 0) is 38.5 Å². The van der Waals surface area contributed by atoms with Gasteiger partial charge in [0.05, 0.1) is 11.0 Å². The van der Waals surface area contributed by atoms with Crippen LogP contribution in [0.4, 0.5) is 0 Å². The molecule has 0 atom stereocenters. The molecule has 0 unspecified atom stereocenters. The lowest BCUT2D eigenvalue weighted by atomic mass is 9.74. The Hall–Kier alpha value is 0.430. The number of sulfone groups is 1. The quantitative estimate of drug-likeness (QED) is 0.728. The minimum atomic E-state index is -2.87. The van der Waals surface area contributed by atoms with Crippen LogP contribution in [0.25, 0.3) is 0 Å². The van der Waals surface area contributed by atoms with Crippen molar-refractivity contribution in [1.29, 1.82) is 0 Å². The molecule has 0 aliphatic heterocycles. The van der Waals surface area contributed by atoms with E-state index in [9.17, 15) is 8.42 Å². The summed E-state index contributed by atoms with van der Waals surface area (Å²) in [7, 11) is -2.87. The highest BCUT2D eigenvalue weighted by Gasteiger charge is 2.32. The van der Waals surface area contributed by atoms with E-state index in [-0.39, 0.29) is 10.7 Å². The van der Waals surface area contributed by atoms with Crippen LogP contribution in [0.3, 0.4) is 0 Å². The van der Waals surface area contributed by atoms with Gasteiger partial charge in [-0.1, -0.05) is 35.2 Å². The van der Waals surface area contributed by atoms with Gasteiger partial charge in [0, 0.05) is 5.33 Å². The summed E-state index contributed by atoms with van der Waals surface area (Å²) in [5.74, 6) is 0.357. The average molecular weight is 311 g/mol. The Balaban J connectivity index is 2.58. The van der Waals surface area contributed by atoms with Gasteiger partial charge in [-0.15, -0.1) is 0 Å². The molecule has 2 nitrogen and oxygen atoms in total. The Morgan fingerprint density at radius 2 is 1.75 bits per heavy atom. The molecule has 0 N–H and O–H groups in total. The van der Waals surface area contributed by atoms with Gasteiger partial charge in [0.2, 0.25) is 0 Å². The maximum atomic E-state index is 11.8. The van der Waals surface area contributed by atoms with Gasteiger partial charge in [0.25, 0.3) is 0 Å². The second kappa shape index (κ2) is 5.85. The third-order valence-electron chi connectivity index (χ3n) is 3.83. The molecular weight excluding hydrogens is 288 g/mol. The molecule has 4 heteroatoms. The zero-order valence-electron chi connectivity index (χ0n) is 10.3. The number of rotatable bonds is 5. The van der Waals surface area contributed by atoms with Gasteiger partial charge in [-0.25, -0.2) is 8.42 Å². The minimum Gasteiger partial charge on any atom is -0.229 e. The van der Waals surface area contributed by atoms with E-state index >= 15 is 0 Å². The standard InChI is InChI=1S/C12H23BrO2S/c1-11(2)16(14,15)9-8-12(10-13)6-4-3-5-7-12/h11H,3-10H2,1-2H3. The molecule has 0 bridgehead atoms. The Morgan fingerprint density at radius 1 is 1.19 bits per heavy atom. The van der Waals surface area contributed by atoms with Crippen molar-refractivity contribution in [2.75, 3.05) is 11.1 Å². The highest BCUT2D eigenvalue weighted by Crippen LogP contribution is 2.41. The lowest BCUT2D eigenvalue weighted by Crippen LogP contribution is -2.30. The van der Waals surface area contributed by atoms with Gasteiger partial charge in [0.1, 0.15) is 0 Å². The molecule has 96 valence electrons. The number of alkyl halides is 1. The maximum absolute atomic E-state index is 11.8. The molecule has 1 saturated carbocycles. The van der Waals surface area contributed by atoms with E-state index in [1.54, 1.807) is 13.8 Å². The molecule has 0 aromatic carbocycles. The van der Waals surface area contributed by atoms with E-state index in [0.717, 1.165) is 11.8 Å². The number of hydrogen-bond donors (Lipinski definition) is 0. The van der Waals surface area contributed by atoms with Crippen LogP contribution in [0, 0.1) is 5.41 Å². The molecule has 0 aromatic heterocycles. The van der Waals surface area contributed by atoms with Crippen LogP contribution in [0.15, 0.2) is 0 Å². The molecule has 16 heavy (non-hydrogen) atoms. The third kappa shape index (κ3) is 3.73. The van der Waals surface area contributed by atoms with Crippen LogP contribution < -0.4 is 0 Å². The first-order valence-corrected chi connectivity index (χ1v) is 9.03. The van der Waals surface area contributed by atoms with Crippen LogP contribution in [0.2, 0.25) is 0 Å². The Labute approximate surface area is 108 Å². The Morgan fingerprint density at radius 3 is 2.19 bits per heavy atom. The lowest BCUT2D eigenvalue weighted by molar-refractivity contribution is 0.217. The van der Waals surface area contributed by atoms with Crippen molar-refractivity contribution >= 4 is 25.8 Å². The fourth-order valence-corrected chi connectivity index (χ4v) is 4.38. The van der Waals surface area contributed by atoms with Gasteiger partial charge in [-0.2, -0.15) is 0 Å². The lowest BCUT2D eigenvalue weighted by Gasteiger charge is -2.36. The highest BCUT2D eigenvalue weighted by molar-refractivity contribution is 9.09. The van der Waals surface area contributed by atoms with Crippen LogP contribution in [-0.2, 0) is 9.84 Å². The summed E-state index contributed by atoms with van der Waals surface area (Å²) in [5.41, 5.74) is 0.250. The predicted molar refractivity (Wildman–Crippen MR) is 72.9 cm³/mol. The summed E-state index contributed by atoms with van der Waals surface area (Å²) in [4.78, 5) is 0. The zero-order chi connectivity index (χ0) is 12.2. The summed E-state index contributed by atoms with van der Waals surface area (Å²) < 4.78 is 23.6. The summed E-state index contributed by atoms with van der Waals surface area (Å²) in [5, 5.41) is 0.719. The van der Waals surface area contributed by atoms with Crippen LogP contribution in [-0.4, -0.2) is 24.8 Å². The monoisotopic (exact) mass is 310 g/mol. The van der Waals surface area contributed by atoms with Crippen molar-refractivity contribution in [3.8, 4) is 0 Å². The molecule has 0 aromatic rings. The molecule has 1 aliphatic carbocycles. The first-order valence-electron chi connectivity index (χ1n) is 6.19. The highest BCUT2D eigenvalue weighted by atomic mass is 79.9. The van der Waals surface area contributed by atoms with Crippen molar-refractivity contribution in [3.63, 3.8) is 0 Å². The predicted octanol–water partition coefficient (Wildman–Crippen LogP) is 3.55. The SMILES string of the molecule is CC(C)S(=O)(=O)CCC1(CBr)CCCCC1. The number of hydrogen-bond acceptors (Lipinski definition) is 2. The molecule has 0 amide bonds. The van der Waals surface area contributed by atoms with Crippen molar-refractivity contribution in [3.05, 3.63) is 0 Å². The topological polar surface area (TPSA) is 34.1 Å². The van der Waals surface area contributed by atoms with Crippen molar-refractivity contribution in [2.24, 2.45) is 5.41 Å². The van der Waals surface area contributed by atoms with Crippen molar-refractivity contribution in [2.45, 2.75) is 57.6 Å². The molecule has 0 spiro atoms. The molecule has 1 fully saturated rings. The van der Waals surface area contributed by atoms with E-state index in [1.165, 1.54) is 32.1 Å². The van der Waals surface area contributed by atoms with Crippen LogP contribution >= 0.6 is 15.9 Å². The summed E-state index contributed by atoms with van der Waals surface area (Å²) in [6.07, 6.45) is 7.03. The maximum Gasteiger partial charge on any atom is 0.152 e. The number of halogens is 1. The van der Waals surface area contributed by atoms with E-state index in [0.29, 0.717) is 5.75 Å². The average Bonchev–Trinajstić information content (AvgIpc) is 2.28. The van der Waals surface area contributed by atoms with Gasteiger partial charge >= 0.3 is 0 Å². The molecule has 1 aliphatic rings. The Kier molecular flexibility index (Phi) is 5.30. The van der Waals surface area contributed by atoms with Crippen molar-refractivity contribution in [1.82, 2.24) is 0 Å². The fourth-order valence-electron chi connectivity index (χ4n) is 2.35. The first-order chi connectivity index (χ1) is 7.42. The Bertz CT molecular complexity index is 303. The smallest absolute Gasteiger partial charge is 0.152 e. The molecular formula is C12H23BrO2S. The summed E-state index contributed by atoms with van der Waals surface area (Å²) in [6.45, 7) is 3.55. The fraction of sp³-hybridized carbons (Fsp3) is 1.00. The van der Waals surface area contributed by atoms with Crippen LogP contribution in [0.1, 0.15) is 52.4 Å². The van der Waals surface area contributed by atoms with E-state index in [4.69, 9.17) is 0 Å². The second-order valence-electron chi connectivity index (χ2n) is 5.36. The third-order valence-corrected chi connectivity index (χ3v) is 7.23. The van der Waals surface area contributed by atoms with Gasteiger partial charge in [-0.3, -0.25) is 0 Å². The second-order valence-corrected chi connectivity index (χ2v) is 8.60. The molecule has 1 rings (SSSR count). The molecule has 0 heterocycles. The minimum absolute atomic E-state index is 0.233. The van der Waals surface area contributed by atoms with E-state index in [1.807, 2.05) is 0 Å². The largest absolute Gasteiger partial charge is 0.229 e. The summed E-state index contributed by atoms with van der Waals surface area (Å²) in [6, 6.07) is 0. The van der Waals surface area contributed by atoms with E-state index in [2.05, 4.69) is 15.9 Å². The van der Waals surface area contributed by atoms with Gasteiger partial charge in [0.15, 0.2) is 9.84 Å². The molecule has 0 radical (unpaired) electrons. The zero-order valence-corrected chi connectivity index (χ0v) is 12.7. The normalized spacial score (nSPS) is 21.2. The molecule has 0 saturated heterocycles. The van der Waals surface area contributed by atoms with E-state index < -0.39 is 9.84 Å².